The highest BCUT2D eigenvalue weighted by Gasteiger charge is 2.20. The predicted molar refractivity (Wildman–Crippen MR) is 110 cm³/mol. The zero-order valence-electron chi connectivity index (χ0n) is 15.3. The Kier molecular flexibility index (Phi) is 5.01. The molecule has 0 saturated heterocycles. The van der Waals surface area contributed by atoms with Gasteiger partial charge in [0.15, 0.2) is 0 Å². The molecule has 146 valence electrons. The monoisotopic (exact) mass is 406 g/mol. The van der Waals surface area contributed by atoms with E-state index in [0.717, 1.165) is 11.1 Å². The van der Waals surface area contributed by atoms with Crippen LogP contribution < -0.4 is 10.6 Å². The number of sulfone groups is 1. The minimum atomic E-state index is -3.68. The van der Waals surface area contributed by atoms with Crippen LogP contribution in [0.4, 0.5) is 10.5 Å². The van der Waals surface area contributed by atoms with E-state index >= 15 is 0 Å². The number of carbonyl (C=O) groups is 1. The molecule has 2 aromatic heterocycles. The van der Waals surface area contributed by atoms with Gasteiger partial charge in [0.25, 0.3) is 0 Å². The maximum atomic E-state index is 13.0. The van der Waals surface area contributed by atoms with Crippen molar-refractivity contribution in [3.8, 4) is 0 Å². The van der Waals surface area contributed by atoms with Crippen LogP contribution in [0.15, 0.2) is 89.0 Å². The smallest absolute Gasteiger partial charge is 0.319 e. The number of anilines is 1. The largest absolute Gasteiger partial charge is 0.361 e. The summed E-state index contributed by atoms with van der Waals surface area (Å²) in [6.07, 6.45) is 5.04. The van der Waals surface area contributed by atoms with Crippen molar-refractivity contribution in [3.63, 3.8) is 0 Å². The molecule has 0 atom stereocenters. The molecule has 2 aromatic carbocycles. The average molecular weight is 406 g/mol. The van der Waals surface area contributed by atoms with E-state index in [1.54, 1.807) is 55.0 Å². The first kappa shape index (κ1) is 18.7. The van der Waals surface area contributed by atoms with Crippen LogP contribution in [0.1, 0.15) is 5.56 Å². The Bertz CT molecular complexity index is 1250. The zero-order chi connectivity index (χ0) is 20.3. The van der Waals surface area contributed by atoms with Crippen LogP contribution in [0.2, 0.25) is 0 Å². The Morgan fingerprint density at radius 2 is 1.83 bits per heavy atom. The number of H-pyrrole nitrogens is 1. The number of aromatic nitrogens is 2. The standard InChI is InChI=1S/C21H18N4O3S/c26-21(24-14-15-3-2-11-22-13-15)25-16-6-8-17(9-7-16)29(27,28)20-5-1-4-19-18(20)10-12-23-19/h1-13,23H,14H2,(H2,24,25,26). The highest BCUT2D eigenvalue weighted by Crippen LogP contribution is 2.28. The van der Waals surface area contributed by atoms with Gasteiger partial charge in [-0.3, -0.25) is 4.98 Å². The van der Waals surface area contributed by atoms with Gasteiger partial charge < -0.3 is 15.6 Å². The third kappa shape index (κ3) is 3.97. The van der Waals surface area contributed by atoms with Crippen LogP contribution in [0.3, 0.4) is 0 Å². The summed E-state index contributed by atoms with van der Waals surface area (Å²) < 4.78 is 26.0. The van der Waals surface area contributed by atoms with Crippen LogP contribution in [-0.2, 0) is 16.4 Å². The molecule has 4 aromatic rings. The van der Waals surface area contributed by atoms with E-state index in [9.17, 15) is 13.2 Å². The summed E-state index contributed by atoms with van der Waals surface area (Å²) in [4.78, 5) is 19.4. The van der Waals surface area contributed by atoms with E-state index in [0.29, 0.717) is 17.6 Å². The third-order valence-corrected chi connectivity index (χ3v) is 6.27. The number of nitrogens with one attached hydrogen (secondary N) is 3. The van der Waals surface area contributed by atoms with Gasteiger partial charge >= 0.3 is 6.03 Å². The molecule has 0 aliphatic rings. The summed E-state index contributed by atoms with van der Waals surface area (Å²) >= 11 is 0. The molecule has 0 fully saturated rings. The second kappa shape index (κ2) is 7.76. The second-order valence-electron chi connectivity index (χ2n) is 6.39. The summed E-state index contributed by atoms with van der Waals surface area (Å²) in [5.41, 5.74) is 2.13. The van der Waals surface area contributed by atoms with Crippen molar-refractivity contribution in [3.05, 3.63) is 84.8 Å². The van der Waals surface area contributed by atoms with Gasteiger partial charge in [-0.25, -0.2) is 13.2 Å². The molecule has 4 rings (SSSR count). The van der Waals surface area contributed by atoms with Crippen molar-refractivity contribution in [1.29, 1.82) is 0 Å². The van der Waals surface area contributed by atoms with Crippen molar-refractivity contribution in [2.24, 2.45) is 0 Å². The lowest BCUT2D eigenvalue weighted by Crippen LogP contribution is -2.28. The topological polar surface area (TPSA) is 104 Å². The molecule has 7 nitrogen and oxygen atoms in total. The highest BCUT2D eigenvalue weighted by molar-refractivity contribution is 7.91. The van der Waals surface area contributed by atoms with E-state index in [1.165, 1.54) is 12.1 Å². The number of carbonyl (C=O) groups excluding carboxylic acids is 1. The van der Waals surface area contributed by atoms with Gasteiger partial charge in [0.1, 0.15) is 0 Å². The summed E-state index contributed by atoms with van der Waals surface area (Å²) in [6.45, 7) is 0.340. The molecule has 0 aliphatic heterocycles. The Hall–Kier alpha value is -3.65. The van der Waals surface area contributed by atoms with E-state index in [4.69, 9.17) is 0 Å². The number of urea groups is 1. The lowest BCUT2D eigenvalue weighted by molar-refractivity contribution is 0.251. The Morgan fingerprint density at radius 1 is 1.00 bits per heavy atom. The van der Waals surface area contributed by atoms with Crippen LogP contribution in [0, 0.1) is 0 Å². The molecule has 3 N–H and O–H groups in total. The lowest BCUT2D eigenvalue weighted by atomic mass is 10.2. The van der Waals surface area contributed by atoms with Crippen molar-refractivity contribution >= 4 is 32.5 Å². The van der Waals surface area contributed by atoms with Crippen molar-refractivity contribution < 1.29 is 13.2 Å². The molecule has 29 heavy (non-hydrogen) atoms. The van der Waals surface area contributed by atoms with Crippen molar-refractivity contribution in [1.82, 2.24) is 15.3 Å². The molecule has 0 radical (unpaired) electrons. The summed E-state index contributed by atoms with van der Waals surface area (Å²) in [6, 6.07) is 16.2. The van der Waals surface area contributed by atoms with Crippen molar-refractivity contribution in [2.45, 2.75) is 16.3 Å². The number of aromatic amines is 1. The molecule has 0 unspecified atom stereocenters. The van der Waals surface area contributed by atoms with Gasteiger partial charge in [0.2, 0.25) is 9.84 Å². The molecule has 2 heterocycles. The number of nitrogens with zero attached hydrogens (tertiary/aromatic N) is 1. The normalized spacial score (nSPS) is 11.3. The highest BCUT2D eigenvalue weighted by atomic mass is 32.2. The van der Waals surface area contributed by atoms with Crippen LogP contribution in [-0.4, -0.2) is 24.4 Å². The maximum absolute atomic E-state index is 13.0. The zero-order valence-corrected chi connectivity index (χ0v) is 16.1. The van der Waals surface area contributed by atoms with Crippen LogP contribution >= 0.6 is 0 Å². The fourth-order valence-corrected chi connectivity index (χ4v) is 4.47. The predicted octanol–water partition coefficient (Wildman–Crippen LogP) is 3.72. The first-order valence-corrected chi connectivity index (χ1v) is 10.4. The maximum Gasteiger partial charge on any atom is 0.319 e. The number of pyridine rings is 1. The summed E-state index contributed by atoms with van der Waals surface area (Å²) in [7, 11) is -3.68. The van der Waals surface area contributed by atoms with E-state index in [2.05, 4.69) is 20.6 Å². The molecular formula is C21H18N4O3S. The molecule has 0 spiro atoms. The van der Waals surface area contributed by atoms with Gasteiger partial charge in [-0.05, 0) is 54.1 Å². The number of benzene rings is 2. The first-order valence-electron chi connectivity index (χ1n) is 8.89. The minimum absolute atomic E-state index is 0.160. The quantitative estimate of drug-likeness (QED) is 0.470. The Labute approximate surface area is 167 Å². The number of hydrogen-bond donors (Lipinski definition) is 3. The van der Waals surface area contributed by atoms with Gasteiger partial charge in [0.05, 0.1) is 9.79 Å². The van der Waals surface area contributed by atoms with Gasteiger partial charge in [-0.15, -0.1) is 0 Å². The third-order valence-electron chi connectivity index (χ3n) is 4.44. The SMILES string of the molecule is O=C(NCc1cccnc1)Nc1ccc(S(=O)(=O)c2cccc3[nH]ccc23)cc1. The van der Waals surface area contributed by atoms with Crippen molar-refractivity contribution in [2.75, 3.05) is 5.32 Å². The second-order valence-corrected chi connectivity index (χ2v) is 8.31. The van der Waals surface area contributed by atoms with Crippen LogP contribution in [0.25, 0.3) is 10.9 Å². The number of amides is 2. The average Bonchev–Trinajstić information content (AvgIpc) is 3.22. The summed E-state index contributed by atoms with van der Waals surface area (Å²) in [5.74, 6) is 0. The molecule has 0 bridgehead atoms. The van der Waals surface area contributed by atoms with Crippen LogP contribution in [0.5, 0.6) is 0 Å². The summed E-state index contributed by atoms with van der Waals surface area (Å²) in [5, 5.41) is 6.05. The molecule has 8 heteroatoms. The van der Waals surface area contributed by atoms with Gasteiger partial charge in [0, 0.05) is 41.7 Å². The lowest BCUT2D eigenvalue weighted by Gasteiger charge is -2.09. The first-order chi connectivity index (χ1) is 14.0. The Morgan fingerprint density at radius 3 is 2.59 bits per heavy atom. The fourth-order valence-electron chi connectivity index (χ4n) is 3.00. The molecule has 0 saturated carbocycles. The fraction of sp³-hybridized carbons (Fsp3) is 0.0476. The van der Waals surface area contributed by atoms with Gasteiger partial charge in [-0.2, -0.15) is 0 Å². The molecular weight excluding hydrogens is 388 g/mol. The minimum Gasteiger partial charge on any atom is -0.361 e. The molecule has 0 aliphatic carbocycles. The number of rotatable bonds is 5. The van der Waals surface area contributed by atoms with E-state index in [-0.39, 0.29) is 15.8 Å². The number of hydrogen-bond acceptors (Lipinski definition) is 4. The number of fused-ring (bicyclic) bond motifs is 1. The van der Waals surface area contributed by atoms with Gasteiger partial charge in [-0.1, -0.05) is 12.1 Å². The Balaban J connectivity index is 1.47. The van der Waals surface area contributed by atoms with E-state index < -0.39 is 9.84 Å². The van der Waals surface area contributed by atoms with E-state index in [1.807, 2.05) is 12.1 Å². The molecule has 2 amide bonds.